The normalized spacial score (nSPS) is 9.67. The lowest BCUT2D eigenvalue weighted by molar-refractivity contribution is 0.288. The summed E-state index contributed by atoms with van der Waals surface area (Å²) in [5, 5.41) is 3.96. The summed E-state index contributed by atoms with van der Waals surface area (Å²) in [5.74, 6) is 7.32. The van der Waals surface area contributed by atoms with Gasteiger partial charge >= 0.3 is 0 Å². The number of aromatic nitrogens is 4. The van der Waals surface area contributed by atoms with Gasteiger partial charge in [-0.25, -0.2) is 4.98 Å². The van der Waals surface area contributed by atoms with Crippen molar-refractivity contribution in [3.05, 3.63) is 36.2 Å². The molecule has 2 aromatic rings. The number of nitrogens with zero attached hydrogens (tertiary/aromatic N) is 4. The first kappa shape index (κ1) is 12.4. The Kier molecular flexibility index (Phi) is 4.15. The molecule has 0 spiro atoms. The summed E-state index contributed by atoms with van der Waals surface area (Å²) < 4.78 is 7.22. The molecule has 18 heavy (non-hydrogen) atoms. The monoisotopic (exact) mass is 262 g/mol. The van der Waals surface area contributed by atoms with E-state index < -0.39 is 0 Å². The number of pyridine rings is 1. The standard InChI is InChI=1S/C12H11ClN4O/c1-17-12(15-9-16-17)8-18-11-5-10(3-2-4-13)6-14-7-11/h5-7,9H,4,8H2,1H3. The quantitative estimate of drug-likeness (QED) is 0.619. The minimum atomic E-state index is 0.296. The molecule has 5 nitrogen and oxygen atoms in total. The van der Waals surface area contributed by atoms with Crippen LogP contribution in [0.5, 0.6) is 5.75 Å². The van der Waals surface area contributed by atoms with E-state index in [0.717, 1.165) is 11.4 Å². The van der Waals surface area contributed by atoms with E-state index in [1.807, 2.05) is 13.1 Å². The minimum Gasteiger partial charge on any atom is -0.484 e. The molecule has 6 heteroatoms. The maximum absolute atomic E-state index is 5.57. The van der Waals surface area contributed by atoms with E-state index in [0.29, 0.717) is 18.2 Å². The Morgan fingerprint density at radius 3 is 3.06 bits per heavy atom. The Bertz CT molecular complexity index is 585. The van der Waals surface area contributed by atoms with Crippen LogP contribution < -0.4 is 4.74 Å². The minimum absolute atomic E-state index is 0.296. The van der Waals surface area contributed by atoms with Crippen LogP contribution in [0.15, 0.2) is 24.8 Å². The topological polar surface area (TPSA) is 52.8 Å². The van der Waals surface area contributed by atoms with Crippen molar-refractivity contribution in [2.75, 3.05) is 5.88 Å². The molecule has 2 heterocycles. The molecule has 2 aromatic heterocycles. The SMILES string of the molecule is Cn1ncnc1COc1cncc(C#CCCl)c1. The Balaban J connectivity index is 2.03. The largest absolute Gasteiger partial charge is 0.484 e. The molecule has 0 aliphatic heterocycles. The van der Waals surface area contributed by atoms with Crippen molar-refractivity contribution >= 4 is 11.6 Å². The third-order valence-corrected chi connectivity index (χ3v) is 2.32. The van der Waals surface area contributed by atoms with Gasteiger partial charge in [0.05, 0.1) is 12.1 Å². The second kappa shape index (κ2) is 6.03. The van der Waals surface area contributed by atoms with Gasteiger partial charge in [0, 0.05) is 18.8 Å². The maximum Gasteiger partial charge on any atom is 0.164 e. The van der Waals surface area contributed by atoms with Crippen molar-refractivity contribution in [1.29, 1.82) is 0 Å². The zero-order chi connectivity index (χ0) is 12.8. The Morgan fingerprint density at radius 2 is 2.33 bits per heavy atom. The van der Waals surface area contributed by atoms with Crippen molar-refractivity contribution in [2.45, 2.75) is 6.61 Å². The lowest BCUT2D eigenvalue weighted by atomic mass is 10.3. The van der Waals surface area contributed by atoms with Gasteiger partial charge in [0.1, 0.15) is 18.7 Å². The third-order valence-electron chi connectivity index (χ3n) is 2.19. The van der Waals surface area contributed by atoms with Crippen molar-refractivity contribution in [3.63, 3.8) is 0 Å². The lowest BCUT2D eigenvalue weighted by Gasteiger charge is -2.04. The predicted molar refractivity (Wildman–Crippen MR) is 67.2 cm³/mol. The van der Waals surface area contributed by atoms with E-state index >= 15 is 0 Å². The van der Waals surface area contributed by atoms with Crippen molar-refractivity contribution in [3.8, 4) is 17.6 Å². The van der Waals surface area contributed by atoms with Gasteiger partial charge in [-0.15, -0.1) is 11.6 Å². The summed E-state index contributed by atoms with van der Waals surface area (Å²) in [6, 6.07) is 1.81. The lowest BCUT2D eigenvalue weighted by Crippen LogP contribution is -2.04. The molecule has 0 amide bonds. The Labute approximate surface area is 110 Å². The zero-order valence-corrected chi connectivity index (χ0v) is 10.6. The van der Waals surface area contributed by atoms with Crippen LogP contribution in [0, 0.1) is 11.8 Å². The van der Waals surface area contributed by atoms with Crippen LogP contribution in [0.1, 0.15) is 11.4 Å². The summed E-state index contributed by atoms with van der Waals surface area (Å²) in [6.07, 6.45) is 4.77. The van der Waals surface area contributed by atoms with Gasteiger partial charge in [0.2, 0.25) is 0 Å². The van der Waals surface area contributed by atoms with Crippen molar-refractivity contribution in [1.82, 2.24) is 19.7 Å². The number of rotatable bonds is 3. The van der Waals surface area contributed by atoms with Gasteiger partial charge in [-0.1, -0.05) is 11.8 Å². The van der Waals surface area contributed by atoms with Crippen LogP contribution in [0.3, 0.4) is 0 Å². The number of alkyl halides is 1. The number of halogens is 1. The van der Waals surface area contributed by atoms with Gasteiger partial charge in [-0.05, 0) is 6.07 Å². The van der Waals surface area contributed by atoms with E-state index in [-0.39, 0.29) is 0 Å². The number of hydrogen-bond acceptors (Lipinski definition) is 4. The zero-order valence-electron chi connectivity index (χ0n) is 9.80. The average Bonchev–Trinajstić information content (AvgIpc) is 2.80. The average molecular weight is 263 g/mol. The Hall–Kier alpha value is -2.06. The molecule has 0 fully saturated rings. The molecule has 0 radical (unpaired) electrons. The van der Waals surface area contributed by atoms with E-state index in [2.05, 4.69) is 26.9 Å². The Morgan fingerprint density at radius 1 is 1.44 bits per heavy atom. The number of aryl methyl sites for hydroxylation is 1. The molecule has 2 rings (SSSR count). The molecule has 0 atom stereocenters. The second-order valence-electron chi connectivity index (χ2n) is 3.43. The predicted octanol–water partition coefficient (Wildman–Crippen LogP) is 1.38. The summed E-state index contributed by atoms with van der Waals surface area (Å²) in [4.78, 5) is 8.11. The van der Waals surface area contributed by atoms with Gasteiger partial charge in [-0.2, -0.15) is 5.10 Å². The fourth-order valence-corrected chi connectivity index (χ4v) is 1.37. The van der Waals surface area contributed by atoms with Gasteiger partial charge in [0.15, 0.2) is 5.82 Å². The summed E-state index contributed by atoms with van der Waals surface area (Å²) in [6.45, 7) is 0.338. The van der Waals surface area contributed by atoms with Crippen LogP contribution in [0.4, 0.5) is 0 Å². The van der Waals surface area contributed by atoms with Crippen LogP contribution in [0.2, 0.25) is 0 Å². The maximum atomic E-state index is 5.57. The fourth-order valence-electron chi connectivity index (χ4n) is 1.30. The summed E-state index contributed by atoms with van der Waals surface area (Å²) in [7, 11) is 1.81. The van der Waals surface area contributed by atoms with Crippen LogP contribution in [-0.2, 0) is 13.7 Å². The first-order valence-electron chi connectivity index (χ1n) is 5.25. The van der Waals surface area contributed by atoms with Crippen molar-refractivity contribution in [2.24, 2.45) is 7.05 Å². The molecule has 0 bridgehead atoms. The van der Waals surface area contributed by atoms with Crippen molar-refractivity contribution < 1.29 is 4.74 Å². The number of hydrogen-bond donors (Lipinski definition) is 0. The molecule has 92 valence electrons. The molecule has 0 aliphatic carbocycles. The first-order chi connectivity index (χ1) is 8.79. The molecule has 0 aromatic carbocycles. The number of ether oxygens (including phenoxy) is 1. The van der Waals surface area contributed by atoms with Crippen LogP contribution >= 0.6 is 11.6 Å². The molecule has 0 aliphatic rings. The second-order valence-corrected chi connectivity index (χ2v) is 3.70. The highest BCUT2D eigenvalue weighted by Crippen LogP contribution is 2.11. The summed E-state index contributed by atoms with van der Waals surface area (Å²) in [5.41, 5.74) is 0.770. The van der Waals surface area contributed by atoms with Gasteiger partial charge in [-0.3, -0.25) is 9.67 Å². The molecule has 0 unspecified atom stereocenters. The van der Waals surface area contributed by atoms with E-state index in [4.69, 9.17) is 16.3 Å². The third kappa shape index (κ3) is 3.22. The van der Waals surface area contributed by atoms with E-state index in [1.165, 1.54) is 6.33 Å². The van der Waals surface area contributed by atoms with Crippen LogP contribution in [0.25, 0.3) is 0 Å². The molecule has 0 saturated heterocycles. The highest BCUT2D eigenvalue weighted by Gasteiger charge is 2.02. The molecule has 0 saturated carbocycles. The smallest absolute Gasteiger partial charge is 0.164 e. The fraction of sp³-hybridized carbons (Fsp3) is 0.250. The highest BCUT2D eigenvalue weighted by molar-refractivity contribution is 6.19. The van der Waals surface area contributed by atoms with Gasteiger partial charge in [0.25, 0.3) is 0 Å². The first-order valence-corrected chi connectivity index (χ1v) is 5.78. The van der Waals surface area contributed by atoms with E-state index in [9.17, 15) is 0 Å². The molecular formula is C12H11ClN4O. The molecular weight excluding hydrogens is 252 g/mol. The summed E-state index contributed by atoms with van der Waals surface area (Å²) >= 11 is 5.49. The van der Waals surface area contributed by atoms with E-state index in [1.54, 1.807) is 17.1 Å². The highest BCUT2D eigenvalue weighted by atomic mass is 35.5. The molecule has 0 N–H and O–H groups in total. The van der Waals surface area contributed by atoms with Crippen LogP contribution in [-0.4, -0.2) is 25.6 Å². The van der Waals surface area contributed by atoms with Gasteiger partial charge < -0.3 is 4.74 Å².